The Balaban J connectivity index is 1.65. The van der Waals surface area contributed by atoms with Crippen molar-refractivity contribution in [2.45, 2.75) is 19.8 Å². The van der Waals surface area contributed by atoms with Crippen molar-refractivity contribution in [3.05, 3.63) is 35.9 Å². The lowest BCUT2D eigenvalue weighted by Crippen LogP contribution is -2.44. The van der Waals surface area contributed by atoms with Gasteiger partial charge in [-0.2, -0.15) is 0 Å². The fourth-order valence-corrected chi connectivity index (χ4v) is 3.15. The van der Waals surface area contributed by atoms with E-state index in [2.05, 4.69) is 35.0 Å². The van der Waals surface area contributed by atoms with Gasteiger partial charge in [0.2, 0.25) is 5.88 Å². The fourth-order valence-electron chi connectivity index (χ4n) is 3.15. The van der Waals surface area contributed by atoms with Crippen LogP contribution in [0.15, 0.2) is 30.3 Å². The number of piperazine rings is 1. The van der Waals surface area contributed by atoms with Crippen LogP contribution in [0.5, 0.6) is 5.88 Å². The molecule has 1 fully saturated rings. The normalized spacial score (nSPS) is 16.8. The summed E-state index contributed by atoms with van der Waals surface area (Å²) in [5, 5.41) is 1.20. The number of benzene rings is 1. The highest BCUT2D eigenvalue weighted by Crippen LogP contribution is 2.23. The van der Waals surface area contributed by atoms with Crippen LogP contribution in [0.2, 0.25) is 0 Å². The lowest BCUT2D eigenvalue weighted by atomic mass is 10.1. The number of fused-ring (bicyclic) bond motifs is 1. The van der Waals surface area contributed by atoms with Gasteiger partial charge >= 0.3 is 0 Å². The third-order valence-corrected chi connectivity index (χ3v) is 4.56. The third kappa shape index (κ3) is 4.21. The third-order valence-electron chi connectivity index (χ3n) is 4.56. The maximum atomic E-state index is 5.77. The molecule has 0 aliphatic carbocycles. The summed E-state index contributed by atoms with van der Waals surface area (Å²) in [6.45, 7) is 8.58. The van der Waals surface area contributed by atoms with Crippen molar-refractivity contribution in [3.63, 3.8) is 0 Å². The van der Waals surface area contributed by atoms with E-state index >= 15 is 0 Å². The maximum absolute atomic E-state index is 5.77. The molecular weight excluding hydrogens is 286 g/mol. The summed E-state index contributed by atoms with van der Waals surface area (Å²) in [6.07, 6.45) is 2.18. The molecule has 0 unspecified atom stereocenters. The first-order valence-corrected chi connectivity index (χ1v) is 8.68. The van der Waals surface area contributed by atoms with E-state index in [1.165, 1.54) is 37.1 Å². The van der Waals surface area contributed by atoms with Crippen molar-refractivity contribution in [1.82, 2.24) is 14.8 Å². The van der Waals surface area contributed by atoms with Crippen LogP contribution in [0.4, 0.5) is 0 Å². The standard InChI is InChI=1S/C19H27N3O/c1-3-23-19-17(15-16-7-4-5-9-18(16)20-19)8-6-10-22-13-11-21(2)12-14-22/h4-5,7,9,15H,3,6,8,10-14H2,1-2H3. The molecule has 0 atom stereocenters. The number of aromatic nitrogens is 1. The summed E-state index contributed by atoms with van der Waals surface area (Å²) < 4.78 is 5.77. The SMILES string of the molecule is CCOc1nc2ccccc2cc1CCCN1CCN(C)CC1. The molecule has 0 amide bonds. The zero-order valence-corrected chi connectivity index (χ0v) is 14.3. The molecule has 4 heteroatoms. The maximum Gasteiger partial charge on any atom is 0.217 e. The number of ether oxygens (including phenoxy) is 1. The number of para-hydroxylation sites is 1. The topological polar surface area (TPSA) is 28.6 Å². The molecule has 2 heterocycles. The van der Waals surface area contributed by atoms with Gasteiger partial charge in [0, 0.05) is 37.1 Å². The average Bonchev–Trinajstić information content (AvgIpc) is 2.57. The van der Waals surface area contributed by atoms with Crippen molar-refractivity contribution in [2.75, 3.05) is 46.4 Å². The molecule has 2 aromatic rings. The molecule has 23 heavy (non-hydrogen) atoms. The average molecular weight is 313 g/mol. The monoisotopic (exact) mass is 313 g/mol. The lowest BCUT2D eigenvalue weighted by Gasteiger charge is -2.32. The fraction of sp³-hybridized carbons (Fsp3) is 0.526. The molecule has 1 aliphatic rings. The van der Waals surface area contributed by atoms with Gasteiger partial charge in [-0.05, 0) is 45.5 Å². The van der Waals surface area contributed by atoms with E-state index in [9.17, 15) is 0 Å². The van der Waals surface area contributed by atoms with Gasteiger partial charge in [-0.1, -0.05) is 18.2 Å². The number of aryl methyl sites for hydroxylation is 1. The number of hydrogen-bond acceptors (Lipinski definition) is 4. The van der Waals surface area contributed by atoms with Gasteiger partial charge in [-0.15, -0.1) is 0 Å². The van der Waals surface area contributed by atoms with Crippen LogP contribution in [-0.2, 0) is 6.42 Å². The summed E-state index contributed by atoms with van der Waals surface area (Å²) >= 11 is 0. The summed E-state index contributed by atoms with van der Waals surface area (Å²) in [4.78, 5) is 9.66. The summed E-state index contributed by atoms with van der Waals surface area (Å²) in [6, 6.07) is 10.5. The number of likely N-dealkylation sites (N-methyl/N-ethyl adjacent to an activating group) is 1. The first kappa shape index (κ1) is 16.2. The molecule has 1 aromatic carbocycles. The Morgan fingerprint density at radius 3 is 2.70 bits per heavy atom. The molecule has 0 radical (unpaired) electrons. The Bertz CT molecular complexity index is 636. The van der Waals surface area contributed by atoms with E-state index in [0.29, 0.717) is 6.61 Å². The smallest absolute Gasteiger partial charge is 0.217 e. The van der Waals surface area contributed by atoms with Crippen LogP contribution in [0.1, 0.15) is 18.9 Å². The van der Waals surface area contributed by atoms with Crippen molar-refractivity contribution in [3.8, 4) is 5.88 Å². The second kappa shape index (κ2) is 7.75. The molecule has 0 spiro atoms. The molecule has 4 nitrogen and oxygen atoms in total. The molecular formula is C19H27N3O. The van der Waals surface area contributed by atoms with E-state index in [1.54, 1.807) is 0 Å². The minimum Gasteiger partial charge on any atom is -0.478 e. The first-order valence-electron chi connectivity index (χ1n) is 8.68. The molecule has 1 aromatic heterocycles. The minimum absolute atomic E-state index is 0.663. The highest BCUT2D eigenvalue weighted by molar-refractivity contribution is 5.80. The molecule has 0 bridgehead atoms. The van der Waals surface area contributed by atoms with Gasteiger partial charge in [0.15, 0.2) is 0 Å². The van der Waals surface area contributed by atoms with Crippen molar-refractivity contribution >= 4 is 10.9 Å². The van der Waals surface area contributed by atoms with Gasteiger partial charge in [0.25, 0.3) is 0 Å². The first-order chi connectivity index (χ1) is 11.3. The van der Waals surface area contributed by atoms with E-state index in [-0.39, 0.29) is 0 Å². The summed E-state index contributed by atoms with van der Waals surface area (Å²) in [5.41, 5.74) is 2.25. The molecule has 124 valence electrons. The predicted molar refractivity (Wildman–Crippen MR) is 95.2 cm³/mol. The van der Waals surface area contributed by atoms with Crippen LogP contribution in [0.25, 0.3) is 10.9 Å². The molecule has 1 aliphatic heterocycles. The highest BCUT2D eigenvalue weighted by atomic mass is 16.5. The lowest BCUT2D eigenvalue weighted by molar-refractivity contribution is 0.153. The zero-order chi connectivity index (χ0) is 16.1. The number of nitrogens with zero attached hydrogens (tertiary/aromatic N) is 3. The predicted octanol–water partition coefficient (Wildman–Crippen LogP) is 2.81. The van der Waals surface area contributed by atoms with Gasteiger partial charge < -0.3 is 14.5 Å². The Labute approximate surface area is 139 Å². The number of hydrogen-bond donors (Lipinski definition) is 0. The highest BCUT2D eigenvalue weighted by Gasteiger charge is 2.14. The van der Waals surface area contributed by atoms with Gasteiger partial charge in [-0.25, -0.2) is 4.98 Å². The van der Waals surface area contributed by atoms with Crippen molar-refractivity contribution in [2.24, 2.45) is 0 Å². The van der Waals surface area contributed by atoms with Gasteiger partial charge in [-0.3, -0.25) is 0 Å². The van der Waals surface area contributed by atoms with Crippen LogP contribution in [-0.4, -0.2) is 61.2 Å². The largest absolute Gasteiger partial charge is 0.478 e. The van der Waals surface area contributed by atoms with E-state index in [4.69, 9.17) is 9.72 Å². The molecule has 0 N–H and O–H groups in total. The molecule has 0 saturated carbocycles. The van der Waals surface area contributed by atoms with E-state index < -0.39 is 0 Å². The van der Waals surface area contributed by atoms with Crippen molar-refractivity contribution in [1.29, 1.82) is 0 Å². The summed E-state index contributed by atoms with van der Waals surface area (Å²) in [7, 11) is 2.20. The van der Waals surface area contributed by atoms with E-state index in [1.807, 2.05) is 19.1 Å². The minimum atomic E-state index is 0.663. The second-order valence-electron chi connectivity index (χ2n) is 6.33. The Morgan fingerprint density at radius 1 is 1.13 bits per heavy atom. The van der Waals surface area contributed by atoms with Gasteiger partial charge in [0.1, 0.15) is 0 Å². The Hall–Kier alpha value is -1.65. The van der Waals surface area contributed by atoms with E-state index in [0.717, 1.165) is 30.8 Å². The number of pyridine rings is 1. The quantitative estimate of drug-likeness (QED) is 0.820. The van der Waals surface area contributed by atoms with Crippen LogP contribution < -0.4 is 4.74 Å². The number of rotatable bonds is 6. The summed E-state index contributed by atoms with van der Waals surface area (Å²) in [5.74, 6) is 0.810. The zero-order valence-electron chi connectivity index (χ0n) is 14.3. The molecule has 1 saturated heterocycles. The van der Waals surface area contributed by atoms with Crippen LogP contribution in [0.3, 0.4) is 0 Å². The second-order valence-corrected chi connectivity index (χ2v) is 6.33. The van der Waals surface area contributed by atoms with Crippen molar-refractivity contribution < 1.29 is 4.74 Å². The Morgan fingerprint density at radius 2 is 1.91 bits per heavy atom. The Kier molecular flexibility index (Phi) is 5.47. The van der Waals surface area contributed by atoms with Crippen LogP contribution >= 0.6 is 0 Å². The van der Waals surface area contributed by atoms with Gasteiger partial charge in [0.05, 0.1) is 12.1 Å². The molecule has 3 rings (SSSR count). The van der Waals surface area contributed by atoms with Crippen LogP contribution in [0, 0.1) is 0 Å².